The van der Waals surface area contributed by atoms with Gasteiger partial charge >= 0.3 is 6.03 Å². The van der Waals surface area contributed by atoms with Crippen molar-refractivity contribution in [3.05, 3.63) is 41.8 Å². The second-order valence-electron chi connectivity index (χ2n) is 7.60. The molecule has 3 aromatic rings. The third-order valence-corrected chi connectivity index (χ3v) is 5.50. The van der Waals surface area contributed by atoms with E-state index >= 15 is 0 Å². The summed E-state index contributed by atoms with van der Waals surface area (Å²) in [7, 11) is 0. The van der Waals surface area contributed by atoms with Crippen molar-refractivity contribution >= 4 is 28.4 Å². The van der Waals surface area contributed by atoms with Crippen LogP contribution in [0.25, 0.3) is 10.9 Å². The van der Waals surface area contributed by atoms with Gasteiger partial charge in [-0.1, -0.05) is 6.92 Å². The lowest BCUT2D eigenvalue weighted by Gasteiger charge is -2.24. The van der Waals surface area contributed by atoms with Crippen LogP contribution in [0.3, 0.4) is 0 Å². The molecule has 0 unspecified atom stereocenters. The van der Waals surface area contributed by atoms with Crippen molar-refractivity contribution in [3.8, 4) is 11.9 Å². The maximum atomic E-state index is 13.9. The van der Waals surface area contributed by atoms with Gasteiger partial charge in [0.15, 0.2) is 5.82 Å². The number of urea groups is 1. The van der Waals surface area contributed by atoms with Gasteiger partial charge in [-0.2, -0.15) is 5.26 Å². The van der Waals surface area contributed by atoms with Crippen LogP contribution in [-0.4, -0.2) is 27.3 Å². The summed E-state index contributed by atoms with van der Waals surface area (Å²) < 4.78 is 19.8. The molecule has 0 radical (unpaired) electrons. The van der Waals surface area contributed by atoms with Gasteiger partial charge in [0.05, 0.1) is 17.3 Å². The molecule has 0 spiro atoms. The third kappa shape index (κ3) is 4.74. The molecule has 2 heterocycles. The van der Waals surface area contributed by atoms with Crippen LogP contribution in [0.5, 0.6) is 5.88 Å². The van der Waals surface area contributed by atoms with Crippen LogP contribution in [0.2, 0.25) is 0 Å². The van der Waals surface area contributed by atoms with Crippen LogP contribution >= 0.6 is 0 Å². The number of aromatic nitrogens is 3. The van der Waals surface area contributed by atoms with Crippen molar-refractivity contribution in [1.29, 1.82) is 5.26 Å². The molecule has 0 aliphatic heterocycles. The van der Waals surface area contributed by atoms with Gasteiger partial charge in [-0.3, -0.25) is 5.32 Å². The van der Waals surface area contributed by atoms with E-state index < -0.39 is 6.03 Å². The van der Waals surface area contributed by atoms with Crippen molar-refractivity contribution in [3.63, 3.8) is 0 Å². The van der Waals surface area contributed by atoms with Crippen LogP contribution in [0.1, 0.15) is 38.2 Å². The number of H-pyrrole nitrogens is 1. The Morgan fingerprint density at radius 1 is 1.26 bits per heavy atom. The van der Waals surface area contributed by atoms with E-state index in [1.165, 1.54) is 6.07 Å². The molecule has 0 saturated heterocycles. The number of carbonyl (C=O) groups is 1. The lowest BCUT2D eigenvalue weighted by atomic mass is 9.88. The number of carbonyl (C=O) groups excluding carboxylic acids is 1. The molecule has 1 aliphatic carbocycles. The highest BCUT2D eigenvalue weighted by atomic mass is 19.1. The maximum absolute atomic E-state index is 13.9. The largest absolute Gasteiger partial charge is 0.473 e. The Kier molecular flexibility index (Phi) is 5.98. The average Bonchev–Trinajstić information content (AvgIpc) is 3.16. The average molecular weight is 422 g/mol. The molecular weight excluding hydrogens is 399 g/mol. The van der Waals surface area contributed by atoms with Gasteiger partial charge in [0, 0.05) is 23.6 Å². The summed E-state index contributed by atoms with van der Waals surface area (Å²) in [4.78, 5) is 15.3. The number of anilines is 2. The number of halogens is 1. The van der Waals surface area contributed by atoms with E-state index in [0.717, 1.165) is 31.1 Å². The third-order valence-electron chi connectivity index (χ3n) is 5.50. The second-order valence-corrected chi connectivity index (χ2v) is 7.60. The number of ether oxygens (including phenoxy) is 1. The first-order valence-electron chi connectivity index (χ1n) is 10.3. The predicted molar refractivity (Wildman–Crippen MR) is 114 cm³/mol. The molecule has 8 nitrogen and oxygen atoms in total. The fourth-order valence-corrected chi connectivity index (χ4v) is 3.76. The lowest BCUT2D eigenvalue weighted by molar-refractivity contribution is 0.135. The van der Waals surface area contributed by atoms with E-state index in [2.05, 4.69) is 31.9 Å². The van der Waals surface area contributed by atoms with Gasteiger partial charge in [-0.05, 0) is 55.9 Å². The fraction of sp³-hybridized carbons (Fsp3) is 0.364. The first-order valence-corrected chi connectivity index (χ1v) is 10.3. The number of aromatic amines is 1. The van der Waals surface area contributed by atoms with Crippen molar-refractivity contribution in [2.75, 3.05) is 10.6 Å². The van der Waals surface area contributed by atoms with Crippen LogP contribution in [0.4, 0.5) is 20.7 Å². The maximum Gasteiger partial charge on any atom is 0.324 e. The Balaban J connectivity index is 1.35. The monoisotopic (exact) mass is 422 g/mol. The zero-order valence-electron chi connectivity index (χ0n) is 17.1. The Morgan fingerprint density at radius 2 is 2.06 bits per heavy atom. The fourth-order valence-electron chi connectivity index (χ4n) is 3.76. The number of aryl methyl sites for hydroxylation is 1. The normalized spacial score (nSPS) is 18.4. The number of fused-ring (bicyclic) bond motifs is 1. The summed E-state index contributed by atoms with van der Waals surface area (Å²) in [5.41, 5.74) is 1.73. The minimum absolute atomic E-state index is 0.0285. The van der Waals surface area contributed by atoms with E-state index in [4.69, 9.17) is 10.00 Å². The molecule has 4 rings (SSSR count). The molecule has 1 fully saturated rings. The van der Waals surface area contributed by atoms with E-state index in [0.29, 0.717) is 29.1 Å². The molecule has 160 valence electrons. The topological polar surface area (TPSA) is 116 Å². The number of hydrogen-bond donors (Lipinski definition) is 3. The van der Waals surface area contributed by atoms with Crippen LogP contribution in [-0.2, 0) is 6.42 Å². The van der Waals surface area contributed by atoms with Crippen molar-refractivity contribution in [1.82, 2.24) is 15.2 Å². The minimum Gasteiger partial charge on any atom is -0.473 e. The zero-order valence-corrected chi connectivity index (χ0v) is 17.1. The number of hydrogen-bond acceptors (Lipinski definition) is 5. The van der Waals surface area contributed by atoms with E-state index in [1.54, 1.807) is 24.4 Å². The molecule has 1 saturated carbocycles. The highest BCUT2D eigenvalue weighted by Gasteiger charge is 2.22. The van der Waals surface area contributed by atoms with E-state index in [9.17, 15) is 9.18 Å². The Hall–Kier alpha value is -3.67. The molecule has 3 N–H and O–H groups in total. The molecule has 9 heteroatoms. The Bertz CT molecular complexity index is 1110. The summed E-state index contributed by atoms with van der Waals surface area (Å²) in [6.45, 7) is 1.88. The van der Waals surface area contributed by atoms with Crippen molar-refractivity contribution in [2.45, 2.75) is 45.1 Å². The zero-order chi connectivity index (χ0) is 21.8. The molecule has 1 aliphatic rings. The van der Waals surface area contributed by atoms with Gasteiger partial charge in [-0.15, -0.1) is 10.2 Å². The van der Waals surface area contributed by atoms with Gasteiger partial charge in [0.1, 0.15) is 11.9 Å². The van der Waals surface area contributed by atoms with E-state index in [-0.39, 0.29) is 23.7 Å². The van der Waals surface area contributed by atoms with Gasteiger partial charge < -0.3 is 15.0 Å². The summed E-state index contributed by atoms with van der Waals surface area (Å²) in [5.74, 6) is 0.500. The van der Waals surface area contributed by atoms with Crippen molar-refractivity contribution < 1.29 is 13.9 Å². The number of nitriles is 1. The molecule has 31 heavy (non-hydrogen) atoms. The van der Waals surface area contributed by atoms with Gasteiger partial charge in [0.2, 0.25) is 5.88 Å². The number of nitrogens with one attached hydrogen (secondary N) is 3. The second kappa shape index (κ2) is 9.00. The molecule has 0 bridgehead atoms. The molecule has 0 atom stereocenters. The van der Waals surface area contributed by atoms with Crippen LogP contribution in [0.15, 0.2) is 30.5 Å². The number of rotatable bonds is 5. The van der Waals surface area contributed by atoms with Gasteiger partial charge in [-0.25, -0.2) is 9.18 Å². The summed E-state index contributed by atoms with van der Waals surface area (Å²) in [6.07, 6.45) is 5.49. The quantitative estimate of drug-likeness (QED) is 0.548. The predicted octanol–water partition coefficient (Wildman–Crippen LogP) is 4.76. The molecular formula is C22H23FN6O2. The molecule has 1 aromatic carbocycles. The molecule has 2 amide bonds. The van der Waals surface area contributed by atoms with Gasteiger partial charge in [0.25, 0.3) is 0 Å². The number of amides is 2. The first kappa shape index (κ1) is 20.6. The van der Waals surface area contributed by atoms with E-state index in [1.807, 2.05) is 6.92 Å². The Morgan fingerprint density at radius 3 is 2.74 bits per heavy atom. The number of nitrogens with zero attached hydrogens (tertiary/aromatic N) is 3. The highest BCUT2D eigenvalue weighted by molar-refractivity contribution is 6.05. The summed E-state index contributed by atoms with van der Waals surface area (Å²) in [6, 6.07) is 8.24. The lowest BCUT2D eigenvalue weighted by Crippen LogP contribution is -2.24. The first-order chi connectivity index (χ1) is 15.1. The smallest absolute Gasteiger partial charge is 0.324 e. The standard InChI is InChI=1S/C22H23FN6O2/c1-2-14-9-16-18(10-17(14)23)25-12-19(16)26-22(30)27-20-7-8-21(29-28-20)31-15-5-3-13(11-24)4-6-15/h7-10,12-13,15,25H,2-6H2,1H3,(H2,26,27,28,30). The van der Waals surface area contributed by atoms with Crippen molar-refractivity contribution in [2.24, 2.45) is 5.92 Å². The highest BCUT2D eigenvalue weighted by Crippen LogP contribution is 2.28. The number of benzene rings is 1. The van der Waals surface area contributed by atoms with Crippen LogP contribution < -0.4 is 15.4 Å². The molecule has 2 aromatic heterocycles. The summed E-state index contributed by atoms with van der Waals surface area (Å²) in [5, 5.41) is 23.1. The summed E-state index contributed by atoms with van der Waals surface area (Å²) >= 11 is 0. The SMILES string of the molecule is CCc1cc2c(NC(=O)Nc3ccc(OC4CCC(C#N)CC4)nn3)c[nH]c2cc1F. The minimum atomic E-state index is -0.485. The van der Waals surface area contributed by atoms with Crippen LogP contribution in [0, 0.1) is 23.1 Å². The Labute approximate surface area is 178 Å².